The van der Waals surface area contributed by atoms with E-state index in [9.17, 15) is 9.18 Å². The molecule has 2 aliphatic heterocycles. The lowest BCUT2D eigenvalue weighted by Crippen LogP contribution is -2.41. The molecule has 1 aromatic carbocycles. The molecule has 0 bridgehead atoms. The first kappa shape index (κ1) is 16.7. The molecule has 25 heavy (non-hydrogen) atoms. The second-order valence-electron chi connectivity index (χ2n) is 6.55. The summed E-state index contributed by atoms with van der Waals surface area (Å²) in [5.41, 5.74) is 0.856. The molecule has 3 heterocycles. The third-order valence-electron chi connectivity index (χ3n) is 4.88. The monoisotopic (exact) mass is 360 g/mol. The van der Waals surface area contributed by atoms with Crippen LogP contribution >= 0.6 is 11.8 Å². The number of carbonyl (C=O) groups is 1. The van der Waals surface area contributed by atoms with Crippen LogP contribution in [0.4, 0.5) is 4.39 Å². The molecule has 0 amide bonds. The van der Waals surface area contributed by atoms with E-state index in [1.807, 2.05) is 13.0 Å². The zero-order valence-corrected chi connectivity index (χ0v) is 15.0. The molecule has 0 saturated carbocycles. The Balaban J connectivity index is 1.68. The minimum atomic E-state index is -0.333. The summed E-state index contributed by atoms with van der Waals surface area (Å²) in [5.74, 6) is 0.376. The number of piperidine rings is 1. The van der Waals surface area contributed by atoms with Crippen LogP contribution in [0.2, 0.25) is 0 Å². The van der Waals surface area contributed by atoms with E-state index < -0.39 is 0 Å². The van der Waals surface area contributed by atoms with E-state index in [-0.39, 0.29) is 23.0 Å². The number of halogens is 1. The predicted molar refractivity (Wildman–Crippen MR) is 94.2 cm³/mol. The minimum absolute atomic E-state index is 0.0490. The van der Waals surface area contributed by atoms with Gasteiger partial charge in [-0.05, 0) is 43.6 Å². The van der Waals surface area contributed by atoms with Gasteiger partial charge < -0.3 is 0 Å². The molecule has 132 valence electrons. The molecule has 1 saturated heterocycles. The Hall–Kier alpha value is -1.73. The van der Waals surface area contributed by atoms with Crippen LogP contribution in [-0.2, 0) is 6.42 Å². The molecule has 0 radical (unpaired) electrons. The van der Waals surface area contributed by atoms with Crippen LogP contribution in [0.5, 0.6) is 0 Å². The van der Waals surface area contributed by atoms with Crippen molar-refractivity contribution >= 4 is 17.7 Å². The predicted octanol–water partition coefficient (Wildman–Crippen LogP) is 3.32. The highest BCUT2D eigenvalue weighted by Gasteiger charge is 2.43. The molecule has 1 aromatic heterocycles. The maximum absolute atomic E-state index is 13.8. The Morgan fingerprint density at radius 2 is 2.12 bits per heavy atom. The summed E-state index contributed by atoms with van der Waals surface area (Å²) in [5, 5.41) is 4.65. The topological polar surface area (TPSA) is 51.0 Å². The fraction of sp³-hybridized carbons (Fsp3) is 0.500. The Labute approximate surface area is 150 Å². The van der Waals surface area contributed by atoms with Gasteiger partial charge in [0.1, 0.15) is 11.1 Å². The molecule has 0 spiro atoms. The van der Waals surface area contributed by atoms with E-state index in [1.54, 1.807) is 12.1 Å². The number of aryl methyl sites for hydroxylation is 1. The number of benzene rings is 1. The SMILES string of the molecule is CCc1nc2n(n1)C(=O)C(C(c1cccc(F)c1)N1CCCCC1)S2. The number of hydrogen-bond donors (Lipinski definition) is 0. The molecular weight excluding hydrogens is 339 g/mol. The molecule has 0 N–H and O–H groups in total. The van der Waals surface area contributed by atoms with E-state index in [0.29, 0.717) is 17.4 Å². The van der Waals surface area contributed by atoms with E-state index in [4.69, 9.17) is 0 Å². The fourth-order valence-corrected chi connectivity index (χ4v) is 4.93. The van der Waals surface area contributed by atoms with Crippen molar-refractivity contribution < 1.29 is 9.18 Å². The quantitative estimate of drug-likeness (QED) is 0.837. The number of rotatable bonds is 4. The second-order valence-corrected chi connectivity index (χ2v) is 7.66. The Morgan fingerprint density at radius 3 is 2.80 bits per heavy atom. The van der Waals surface area contributed by atoms with Crippen molar-refractivity contribution in [2.45, 2.75) is 49.1 Å². The van der Waals surface area contributed by atoms with E-state index >= 15 is 0 Å². The van der Waals surface area contributed by atoms with Crippen molar-refractivity contribution in [3.05, 3.63) is 41.5 Å². The average molecular weight is 360 g/mol. The zero-order valence-electron chi connectivity index (χ0n) is 14.2. The van der Waals surface area contributed by atoms with Crippen molar-refractivity contribution in [2.75, 3.05) is 13.1 Å². The van der Waals surface area contributed by atoms with Crippen molar-refractivity contribution in [3.63, 3.8) is 0 Å². The molecule has 7 heteroatoms. The van der Waals surface area contributed by atoms with Gasteiger partial charge in [0, 0.05) is 6.42 Å². The maximum atomic E-state index is 13.8. The van der Waals surface area contributed by atoms with Crippen molar-refractivity contribution in [1.82, 2.24) is 19.7 Å². The molecule has 2 unspecified atom stereocenters. The third kappa shape index (κ3) is 3.11. The zero-order chi connectivity index (χ0) is 17.4. The standard InChI is InChI=1S/C18H21FN4OS/c1-2-14-20-18-23(21-14)17(24)16(25-18)15(22-9-4-3-5-10-22)12-7-6-8-13(19)11-12/h6-8,11,15-16H,2-5,9-10H2,1H3. The molecule has 2 aliphatic rings. The fourth-order valence-electron chi connectivity index (χ4n) is 3.66. The molecule has 2 aromatic rings. The van der Waals surface area contributed by atoms with Crippen LogP contribution in [0, 0.1) is 5.82 Å². The summed E-state index contributed by atoms with van der Waals surface area (Å²) < 4.78 is 15.3. The van der Waals surface area contributed by atoms with Gasteiger partial charge in [-0.15, -0.1) is 5.10 Å². The molecule has 2 atom stereocenters. The van der Waals surface area contributed by atoms with Gasteiger partial charge in [0.2, 0.25) is 0 Å². The largest absolute Gasteiger partial charge is 0.295 e. The molecular formula is C18H21FN4OS. The lowest BCUT2D eigenvalue weighted by Gasteiger charge is -2.37. The van der Waals surface area contributed by atoms with Gasteiger partial charge >= 0.3 is 0 Å². The van der Waals surface area contributed by atoms with Crippen LogP contribution in [0.15, 0.2) is 29.4 Å². The lowest BCUT2D eigenvalue weighted by atomic mass is 9.98. The van der Waals surface area contributed by atoms with Crippen LogP contribution in [0.3, 0.4) is 0 Å². The van der Waals surface area contributed by atoms with Crippen LogP contribution in [0.25, 0.3) is 0 Å². The first-order valence-electron chi connectivity index (χ1n) is 8.83. The molecule has 4 rings (SSSR count). The van der Waals surface area contributed by atoms with Gasteiger partial charge in [0.15, 0.2) is 11.0 Å². The van der Waals surface area contributed by atoms with Crippen LogP contribution in [0.1, 0.15) is 48.4 Å². The number of carbonyl (C=O) groups excluding carboxylic acids is 1. The number of hydrogen-bond acceptors (Lipinski definition) is 5. The number of likely N-dealkylation sites (tertiary alicyclic amines) is 1. The van der Waals surface area contributed by atoms with Gasteiger partial charge in [-0.2, -0.15) is 4.68 Å². The lowest BCUT2D eigenvalue weighted by molar-refractivity contribution is 0.0818. The van der Waals surface area contributed by atoms with Crippen LogP contribution < -0.4 is 0 Å². The van der Waals surface area contributed by atoms with Crippen LogP contribution in [-0.4, -0.2) is 43.9 Å². The highest BCUT2D eigenvalue weighted by Crippen LogP contribution is 2.41. The summed E-state index contributed by atoms with van der Waals surface area (Å²) in [7, 11) is 0. The summed E-state index contributed by atoms with van der Waals surface area (Å²) in [6, 6.07) is 6.49. The number of thioether (sulfide) groups is 1. The average Bonchev–Trinajstić information content (AvgIpc) is 3.16. The second kappa shape index (κ2) is 6.88. The van der Waals surface area contributed by atoms with Gasteiger partial charge in [-0.1, -0.05) is 37.2 Å². The maximum Gasteiger partial charge on any atom is 0.264 e. The van der Waals surface area contributed by atoms with Gasteiger partial charge in [0.25, 0.3) is 5.91 Å². The Morgan fingerprint density at radius 1 is 1.32 bits per heavy atom. The minimum Gasteiger partial charge on any atom is -0.295 e. The van der Waals surface area contributed by atoms with Crippen molar-refractivity contribution in [1.29, 1.82) is 0 Å². The Bertz CT molecular complexity index is 787. The van der Waals surface area contributed by atoms with Gasteiger partial charge in [-0.25, -0.2) is 9.37 Å². The van der Waals surface area contributed by atoms with Gasteiger partial charge in [-0.3, -0.25) is 9.69 Å². The molecule has 1 fully saturated rings. The highest BCUT2D eigenvalue weighted by atomic mass is 32.2. The summed E-state index contributed by atoms with van der Waals surface area (Å²) in [6.45, 7) is 3.84. The van der Waals surface area contributed by atoms with Crippen molar-refractivity contribution in [2.24, 2.45) is 0 Å². The first-order valence-corrected chi connectivity index (χ1v) is 9.71. The number of nitrogens with zero attached hydrogens (tertiary/aromatic N) is 4. The normalized spacial score (nSPS) is 22.2. The summed E-state index contributed by atoms with van der Waals surface area (Å²) >= 11 is 1.46. The smallest absolute Gasteiger partial charge is 0.264 e. The third-order valence-corrected chi connectivity index (χ3v) is 6.07. The number of aromatic nitrogens is 3. The highest BCUT2D eigenvalue weighted by molar-refractivity contribution is 8.00. The molecule has 5 nitrogen and oxygen atoms in total. The number of fused-ring (bicyclic) bond motifs is 1. The van der Waals surface area contributed by atoms with E-state index in [0.717, 1.165) is 31.5 Å². The van der Waals surface area contributed by atoms with Gasteiger partial charge in [0.05, 0.1) is 6.04 Å². The van der Waals surface area contributed by atoms with E-state index in [2.05, 4.69) is 15.0 Å². The summed E-state index contributed by atoms with van der Waals surface area (Å²) in [6.07, 6.45) is 4.14. The van der Waals surface area contributed by atoms with E-state index in [1.165, 1.54) is 28.9 Å². The summed E-state index contributed by atoms with van der Waals surface area (Å²) in [4.78, 5) is 19.8. The molecule has 0 aliphatic carbocycles. The first-order chi connectivity index (χ1) is 12.2. The van der Waals surface area contributed by atoms with Crippen molar-refractivity contribution in [3.8, 4) is 0 Å². The Kier molecular flexibility index (Phi) is 4.60.